The van der Waals surface area contributed by atoms with Crippen LogP contribution in [-0.2, 0) is 6.54 Å². The lowest BCUT2D eigenvalue weighted by Gasteiger charge is -2.25. The van der Waals surface area contributed by atoms with E-state index in [9.17, 15) is 14.4 Å². The molecule has 0 atom stereocenters. The number of aromatic nitrogens is 2. The number of nitrogens with one attached hydrogen (secondary N) is 1. The van der Waals surface area contributed by atoms with Gasteiger partial charge in [0, 0.05) is 23.1 Å². The van der Waals surface area contributed by atoms with Crippen LogP contribution in [0.4, 0.5) is 11.5 Å². The van der Waals surface area contributed by atoms with Crippen molar-refractivity contribution >= 4 is 33.3 Å². The van der Waals surface area contributed by atoms with Crippen molar-refractivity contribution in [2.75, 3.05) is 17.2 Å². The molecular formula is C20H27BrN4O3. The Hall–Kier alpha value is -2.35. The number of hydrogen-bond acceptors (Lipinski definition) is 4. The average molecular weight is 451 g/mol. The molecule has 0 bridgehead atoms. The van der Waals surface area contributed by atoms with Crippen LogP contribution in [0.1, 0.15) is 50.4 Å². The maximum Gasteiger partial charge on any atom is 0.330 e. The van der Waals surface area contributed by atoms with Gasteiger partial charge in [-0.25, -0.2) is 4.79 Å². The standard InChI is InChI=1S/C20H27BrN4O3/c1-4-5-11-25-17(22)16(18(26)23-20(25)28)24(12-10-13(2)3)19(27)14-6-8-15(21)9-7-14/h6-9,13H,4-5,10-12,22H2,1-3H3,(H,23,26,28). The minimum atomic E-state index is -0.649. The number of nitrogen functional groups attached to an aromatic ring is 1. The van der Waals surface area contributed by atoms with Crippen molar-refractivity contribution in [1.29, 1.82) is 0 Å². The summed E-state index contributed by atoms with van der Waals surface area (Å²) in [7, 11) is 0. The van der Waals surface area contributed by atoms with Gasteiger partial charge in [0.05, 0.1) is 0 Å². The smallest absolute Gasteiger partial charge is 0.330 e. The summed E-state index contributed by atoms with van der Waals surface area (Å²) in [5.74, 6) is 0.0222. The van der Waals surface area contributed by atoms with E-state index in [1.54, 1.807) is 24.3 Å². The lowest BCUT2D eigenvalue weighted by Crippen LogP contribution is -2.42. The molecule has 1 aromatic heterocycles. The number of carbonyl (C=O) groups is 1. The van der Waals surface area contributed by atoms with Crippen LogP contribution in [0, 0.1) is 5.92 Å². The lowest BCUT2D eigenvalue weighted by molar-refractivity contribution is 0.0985. The molecule has 8 heteroatoms. The molecular weight excluding hydrogens is 424 g/mol. The number of H-pyrrole nitrogens is 1. The molecule has 0 saturated heterocycles. The third-order valence-corrected chi connectivity index (χ3v) is 5.01. The minimum Gasteiger partial charge on any atom is -0.383 e. The fourth-order valence-electron chi connectivity index (χ4n) is 2.83. The molecule has 0 saturated carbocycles. The first-order valence-corrected chi connectivity index (χ1v) is 10.3. The second-order valence-corrected chi connectivity index (χ2v) is 8.06. The number of rotatable bonds is 8. The van der Waals surface area contributed by atoms with Crippen LogP contribution in [0.3, 0.4) is 0 Å². The number of nitrogens with zero attached hydrogens (tertiary/aromatic N) is 2. The molecule has 0 radical (unpaired) electrons. The van der Waals surface area contributed by atoms with E-state index >= 15 is 0 Å². The highest BCUT2D eigenvalue weighted by Crippen LogP contribution is 2.22. The number of carbonyl (C=O) groups excluding carboxylic acids is 1. The van der Waals surface area contributed by atoms with Crippen molar-refractivity contribution in [3.8, 4) is 0 Å². The third kappa shape index (κ3) is 5.13. The molecule has 152 valence electrons. The highest BCUT2D eigenvalue weighted by atomic mass is 79.9. The number of halogens is 1. The zero-order valence-corrected chi connectivity index (χ0v) is 18.1. The number of aromatic amines is 1. The topological polar surface area (TPSA) is 101 Å². The summed E-state index contributed by atoms with van der Waals surface area (Å²) >= 11 is 3.35. The van der Waals surface area contributed by atoms with E-state index in [1.165, 1.54) is 9.47 Å². The van der Waals surface area contributed by atoms with Crippen molar-refractivity contribution in [3.63, 3.8) is 0 Å². The zero-order chi connectivity index (χ0) is 20.8. The summed E-state index contributed by atoms with van der Waals surface area (Å²) in [5.41, 5.74) is 5.48. The predicted octanol–water partition coefficient (Wildman–Crippen LogP) is 3.37. The Morgan fingerprint density at radius 3 is 2.46 bits per heavy atom. The summed E-state index contributed by atoms with van der Waals surface area (Å²) in [5, 5.41) is 0. The summed E-state index contributed by atoms with van der Waals surface area (Å²) < 4.78 is 2.18. The number of amides is 1. The zero-order valence-electron chi connectivity index (χ0n) is 16.5. The van der Waals surface area contributed by atoms with Crippen LogP contribution < -0.4 is 21.9 Å². The Morgan fingerprint density at radius 2 is 1.89 bits per heavy atom. The van der Waals surface area contributed by atoms with Gasteiger partial charge in [0.2, 0.25) is 0 Å². The number of anilines is 2. The van der Waals surface area contributed by atoms with Crippen LogP contribution in [0.25, 0.3) is 0 Å². The van der Waals surface area contributed by atoms with Gasteiger partial charge in [-0.2, -0.15) is 0 Å². The molecule has 2 aromatic rings. The van der Waals surface area contributed by atoms with Crippen molar-refractivity contribution < 1.29 is 4.79 Å². The molecule has 0 unspecified atom stereocenters. The number of hydrogen-bond donors (Lipinski definition) is 2. The Bertz CT molecular complexity index is 932. The second kappa shape index (κ2) is 9.73. The van der Waals surface area contributed by atoms with E-state index in [0.29, 0.717) is 31.0 Å². The largest absolute Gasteiger partial charge is 0.383 e. The molecule has 1 amide bonds. The van der Waals surface area contributed by atoms with Crippen molar-refractivity contribution in [2.45, 2.75) is 46.6 Å². The summed E-state index contributed by atoms with van der Waals surface area (Å²) in [4.78, 5) is 41.7. The molecule has 1 aromatic carbocycles. The first kappa shape index (κ1) is 21.9. The Kier molecular flexibility index (Phi) is 7.62. The first-order valence-electron chi connectivity index (χ1n) is 9.46. The first-order chi connectivity index (χ1) is 13.3. The predicted molar refractivity (Wildman–Crippen MR) is 116 cm³/mol. The van der Waals surface area contributed by atoms with E-state index < -0.39 is 11.2 Å². The molecule has 3 N–H and O–H groups in total. The molecule has 28 heavy (non-hydrogen) atoms. The summed E-state index contributed by atoms with van der Waals surface area (Å²) in [6.07, 6.45) is 2.30. The van der Waals surface area contributed by atoms with E-state index in [2.05, 4.69) is 20.9 Å². The fourth-order valence-corrected chi connectivity index (χ4v) is 3.09. The second-order valence-electron chi connectivity index (χ2n) is 7.14. The number of nitrogens with two attached hydrogens (primary N) is 1. The molecule has 7 nitrogen and oxygen atoms in total. The molecule has 2 rings (SSSR count). The van der Waals surface area contributed by atoms with Gasteiger partial charge in [-0.15, -0.1) is 0 Å². The van der Waals surface area contributed by atoms with Crippen molar-refractivity contribution in [3.05, 3.63) is 55.1 Å². The summed E-state index contributed by atoms with van der Waals surface area (Å²) in [6.45, 7) is 6.79. The van der Waals surface area contributed by atoms with Gasteiger partial charge in [0.1, 0.15) is 5.82 Å². The van der Waals surface area contributed by atoms with Crippen LogP contribution >= 0.6 is 15.9 Å². The van der Waals surface area contributed by atoms with Gasteiger partial charge >= 0.3 is 5.69 Å². The van der Waals surface area contributed by atoms with Crippen LogP contribution in [0.5, 0.6) is 0 Å². The Balaban J connectivity index is 2.56. The molecule has 0 aliphatic rings. The van der Waals surface area contributed by atoms with Crippen molar-refractivity contribution in [1.82, 2.24) is 9.55 Å². The number of unbranched alkanes of at least 4 members (excludes halogenated alkanes) is 1. The lowest BCUT2D eigenvalue weighted by atomic mass is 10.1. The third-order valence-electron chi connectivity index (χ3n) is 4.49. The molecule has 0 fully saturated rings. The van der Waals surface area contributed by atoms with Crippen LogP contribution in [0.15, 0.2) is 38.3 Å². The Morgan fingerprint density at radius 1 is 1.25 bits per heavy atom. The number of benzene rings is 1. The molecule has 0 aliphatic carbocycles. The van der Waals surface area contributed by atoms with E-state index in [-0.39, 0.29) is 17.4 Å². The van der Waals surface area contributed by atoms with Crippen molar-refractivity contribution in [2.24, 2.45) is 5.92 Å². The highest BCUT2D eigenvalue weighted by molar-refractivity contribution is 9.10. The maximum absolute atomic E-state index is 13.2. The van der Waals surface area contributed by atoms with Gasteiger partial charge in [-0.05, 0) is 43.0 Å². The maximum atomic E-state index is 13.2. The van der Waals surface area contributed by atoms with Crippen LogP contribution in [0.2, 0.25) is 0 Å². The highest BCUT2D eigenvalue weighted by Gasteiger charge is 2.25. The molecule has 0 spiro atoms. The molecule has 0 aliphatic heterocycles. The SMILES string of the molecule is CCCCn1c(N)c(N(CCC(C)C)C(=O)c2ccc(Br)cc2)c(=O)[nH]c1=O. The quantitative estimate of drug-likeness (QED) is 0.643. The van der Waals surface area contributed by atoms with E-state index in [0.717, 1.165) is 17.3 Å². The average Bonchev–Trinajstić information content (AvgIpc) is 2.64. The van der Waals surface area contributed by atoms with Gasteiger partial charge in [-0.1, -0.05) is 43.1 Å². The Labute approximate surface area is 172 Å². The normalized spacial score (nSPS) is 11.0. The van der Waals surface area contributed by atoms with E-state index in [1.807, 2.05) is 20.8 Å². The van der Waals surface area contributed by atoms with Gasteiger partial charge in [-0.3, -0.25) is 19.1 Å². The summed E-state index contributed by atoms with van der Waals surface area (Å²) in [6, 6.07) is 6.91. The fraction of sp³-hybridized carbons (Fsp3) is 0.450. The molecule has 1 heterocycles. The van der Waals surface area contributed by atoms with Gasteiger partial charge in [0.25, 0.3) is 11.5 Å². The van der Waals surface area contributed by atoms with Crippen LogP contribution in [-0.4, -0.2) is 22.0 Å². The van der Waals surface area contributed by atoms with Gasteiger partial charge in [0.15, 0.2) is 5.69 Å². The monoisotopic (exact) mass is 450 g/mol. The van der Waals surface area contributed by atoms with Gasteiger partial charge < -0.3 is 10.6 Å². The van der Waals surface area contributed by atoms with E-state index in [4.69, 9.17) is 5.73 Å². The minimum absolute atomic E-state index is 0.0245.